The molecule has 1 aromatic carbocycles. The molecule has 0 saturated carbocycles. The minimum atomic E-state index is 0.712. The molecule has 4 heteroatoms. The van der Waals surface area contributed by atoms with Crippen LogP contribution >= 0.6 is 15.9 Å². The molecule has 0 bridgehead atoms. The van der Waals surface area contributed by atoms with Crippen molar-refractivity contribution in [2.24, 2.45) is 0 Å². The number of pyridine rings is 1. The lowest BCUT2D eigenvalue weighted by Gasteiger charge is -2.09. The molecule has 2 aromatic rings. The van der Waals surface area contributed by atoms with Crippen molar-refractivity contribution in [3.8, 4) is 0 Å². The van der Waals surface area contributed by atoms with Gasteiger partial charge in [-0.3, -0.25) is 4.98 Å². The molecule has 2 rings (SSSR count). The van der Waals surface area contributed by atoms with Gasteiger partial charge in [-0.25, -0.2) is 0 Å². The van der Waals surface area contributed by atoms with E-state index in [1.165, 1.54) is 0 Å². The third-order valence-corrected chi connectivity index (χ3v) is 2.88. The van der Waals surface area contributed by atoms with E-state index in [9.17, 15) is 0 Å². The summed E-state index contributed by atoms with van der Waals surface area (Å²) in [6.07, 6.45) is 1.82. The number of hydrogen-bond acceptors (Lipinski definition) is 3. The fraction of sp³-hybridized carbons (Fsp3) is 0.308. The van der Waals surface area contributed by atoms with Crippen LogP contribution in [-0.2, 0) is 4.74 Å². The molecule has 0 aliphatic rings. The van der Waals surface area contributed by atoms with E-state index >= 15 is 0 Å². The number of nitrogens with one attached hydrogen (secondary N) is 1. The molecule has 1 aromatic heterocycles. The largest absolute Gasteiger partial charge is 0.381 e. The molecule has 3 nitrogen and oxygen atoms in total. The van der Waals surface area contributed by atoms with Crippen molar-refractivity contribution in [1.29, 1.82) is 0 Å². The first-order valence-electron chi connectivity index (χ1n) is 5.67. The SMILES string of the molecule is CCOCCNc1cccc2cc(Br)cnc12. The van der Waals surface area contributed by atoms with E-state index in [1.807, 2.05) is 25.3 Å². The Hall–Kier alpha value is -1.13. The van der Waals surface area contributed by atoms with Gasteiger partial charge in [-0.1, -0.05) is 12.1 Å². The highest BCUT2D eigenvalue weighted by Crippen LogP contribution is 2.23. The third-order valence-electron chi connectivity index (χ3n) is 2.44. The van der Waals surface area contributed by atoms with Crippen molar-refractivity contribution in [1.82, 2.24) is 4.98 Å². The number of ether oxygens (including phenoxy) is 1. The van der Waals surface area contributed by atoms with E-state index in [4.69, 9.17) is 4.74 Å². The Balaban J connectivity index is 2.16. The topological polar surface area (TPSA) is 34.1 Å². The lowest BCUT2D eigenvalue weighted by molar-refractivity contribution is 0.158. The second kappa shape index (κ2) is 5.98. The van der Waals surface area contributed by atoms with Crippen molar-refractivity contribution >= 4 is 32.5 Å². The Bertz CT molecular complexity index is 502. The minimum Gasteiger partial charge on any atom is -0.381 e. The third kappa shape index (κ3) is 3.17. The second-order valence-electron chi connectivity index (χ2n) is 3.65. The number of fused-ring (bicyclic) bond motifs is 1. The van der Waals surface area contributed by atoms with Crippen LogP contribution in [0.15, 0.2) is 34.9 Å². The maximum Gasteiger partial charge on any atom is 0.0934 e. The molecule has 0 aliphatic carbocycles. The molecule has 0 amide bonds. The van der Waals surface area contributed by atoms with E-state index < -0.39 is 0 Å². The Morgan fingerprint density at radius 1 is 1.41 bits per heavy atom. The van der Waals surface area contributed by atoms with Gasteiger partial charge < -0.3 is 10.1 Å². The van der Waals surface area contributed by atoms with Crippen LogP contribution in [-0.4, -0.2) is 24.7 Å². The average molecular weight is 295 g/mol. The fourth-order valence-electron chi connectivity index (χ4n) is 1.68. The van der Waals surface area contributed by atoms with Crippen LogP contribution in [0, 0.1) is 0 Å². The molecule has 0 aliphatic heterocycles. The van der Waals surface area contributed by atoms with Gasteiger partial charge in [0.25, 0.3) is 0 Å². The van der Waals surface area contributed by atoms with E-state index in [0.29, 0.717) is 6.61 Å². The number of benzene rings is 1. The lowest BCUT2D eigenvalue weighted by atomic mass is 10.2. The molecule has 90 valence electrons. The number of para-hydroxylation sites is 1. The molecule has 0 saturated heterocycles. The first kappa shape index (κ1) is 12.3. The summed E-state index contributed by atoms with van der Waals surface area (Å²) in [5.41, 5.74) is 2.04. The van der Waals surface area contributed by atoms with Gasteiger partial charge in [0.2, 0.25) is 0 Å². The summed E-state index contributed by atoms with van der Waals surface area (Å²) < 4.78 is 6.29. The van der Waals surface area contributed by atoms with Crippen molar-refractivity contribution in [2.45, 2.75) is 6.92 Å². The highest BCUT2D eigenvalue weighted by atomic mass is 79.9. The Morgan fingerprint density at radius 3 is 3.12 bits per heavy atom. The van der Waals surface area contributed by atoms with Crippen molar-refractivity contribution in [3.63, 3.8) is 0 Å². The number of nitrogens with zero attached hydrogens (tertiary/aromatic N) is 1. The maximum atomic E-state index is 5.30. The Kier molecular flexibility index (Phi) is 4.34. The summed E-state index contributed by atoms with van der Waals surface area (Å²) >= 11 is 3.43. The second-order valence-corrected chi connectivity index (χ2v) is 4.57. The molecule has 0 radical (unpaired) electrons. The van der Waals surface area contributed by atoms with Crippen LogP contribution in [0.5, 0.6) is 0 Å². The molecule has 0 spiro atoms. The summed E-state index contributed by atoms with van der Waals surface area (Å²) in [5.74, 6) is 0. The van der Waals surface area contributed by atoms with E-state index in [1.54, 1.807) is 0 Å². The van der Waals surface area contributed by atoms with Gasteiger partial charge in [0.05, 0.1) is 17.8 Å². The number of aromatic nitrogens is 1. The predicted octanol–water partition coefficient (Wildman–Crippen LogP) is 3.45. The van der Waals surface area contributed by atoms with Gasteiger partial charge in [-0.05, 0) is 35.0 Å². The molecule has 0 atom stereocenters. The standard InChI is InChI=1S/C13H15BrN2O/c1-2-17-7-6-15-12-5-3-4-10-8-11(14)9-16-13(10)12/h3-5,8-9,15H,2,6-7H2,1H3. The van der Waals surface area contributed by atoms with Crippen LogP contribution in [0.25, 0.3) is 10.9 Å². The number of halogens is 1. The van der Waals surface area contributed by atoms with Crippen LogP contribution in [0.1, 0.15) is 6.92 Å². The predicted molar refractivity (Wildman–Crippen MR) is 74.4 cm³/mol. The smallest absolute Gasteiger partial charge is 0.0934 e. The van der Waals surface area contributed by atoms with Crippen molar-refractivity contribution in [2.75, 3.05) is 25.1 Å². The van der Waals surface area contributed by atoms with Crippen LogP contribution < -0.4 is 5.32 Å². The number of rotatable bonds is 5. The van der Waals surface area contributed by atoms with Crippen LogP contribution in [0.3, 0.4) is 0 Å². The zero-order chi connectivity index (χ0) is 12.1. The highest BCUT2D eigenvalue weighted by molar-refractivity contribution is 9.10. The van der Waals surface area contributed by atoms with Gasteiger partial charge >= 0.3 is 0 Å². The molecular formula is C13H15BrN2O. The van der Waals surface area contributed by atoms with Gasteiger partial charge in [-0.15, -0.1) is 0 Å². The van der Waals surface area contributed by atoms with E-state index in [2.05, 4.69) is 38.4 Å². The Labute approximate surface area is 109 Å². The maximum absolute atomic E-state index is 5.30. The first-order valence-corrected chi connectivity index (χ1v) is 6.46. The summed E-state index contributed by atoms with van der Waals surface area (Å²) in [6.45, 7) is 4.26. The monoisotopic (exact) mass is 294 g/mol. The number of hydrogen-bond donors (Lipinski definition) is 1. The summed E-state index contributed by atoms with van der Waals surface area (Å²) in [5, 5.41) is 4.46. The average Bonchev–Trinajstić information content (AvgIpc) is 2.34. The van der Waals surface area contributed by atoms with E-state index in [0.717, 1.165) is 34.2 Å². The molecule has 17 heavy (non-hydrogen) atoms. The normalized spacial score (nSPS) is 10.7. The first-order chi connectivity index (χ1) is 8.31. The molecular weight excluding hydrogens is 280 g/mol. The zero-order valence-corrected chi connectivity index (χ0v) is 11.3. The summed E-state index contributed by atoms with van der Waals surface area (Å²) in [7, 11) is 0. The number of anilines is 1. The zero-order valence-electron chi connectivity index (χ0n) is 9.74. The summed E-state index contributed by atoms with van der Waals surface area (Å²) in [6, 6.07) is 8.19. The fourth-order valence-corrected chi connectivity index (χ4v) is 2.03. The molecule has 0 unspecified atom stereocenters. The van der Waals surface area contributed by atoms with Gasteiger partial charge in [0.15, 0.2) is 0 Å². The molecule has 0 fully saturated rings. The highest BCUT2D eigenvalue weighted by Gasteiger charge is 2.01. The van der Waals surface area contributed by atoms with Gasteiger partial charge in [-0.2, -0.15) is 0 Å². The van der Waals surface area contributed by atoms with Gasteiger partial charge in [0, 0.05) is 29.2 Å². The van der Waals surface area contributed by atoms with Crippen molar-refractivity contribution in [3.05, 3.63) is 34.9 Å². The Morgan fingerprint density at radius 2 is 2.29 bits per heavy atom. The van der Waals surface area contributed by atoms with Crippen molar-refractivity contribution < 1.29 is 4.74 Å². The van der Waals surface area contributed by atoms with Crippen LogP contribution in [0.4, 0.5) is 5.69 Å². The van der Waals surface area contributed by atoms with E-state index in [-0.39, 0.29) is 0 Å². The molecule has 1 N–H and O–H groups in total. The quantitative estimate of drug-likeness (QED) is 0.858. The minimum absolute atomic E-state index is 0.712. The van der Waals surface area contributed by atoms with Gasteiger partial charge in [0.1, 0.15) is 0 Å². The summed E-state index contributed by atoms with van der Waals surface area (Å²) in [4.78, 5) is 4.43. The van der Waals surface area contributed by atoms with Crippen LogP contribution in [0.2, 0.25) is 0 Å². The lowest BCUT2D eigenvalue weighted by Crippen LogP contribution is -2.09. The molecule has 1 heterocycles.